The maximum Gasteiger partial charge on any atom is 0.315 e. The summed E-state index contributed by atoms with van der Waals surface area (Å²) in [4.78, 5) is 25.9. The van der Waals surface area contributed by atoms with E-state index in [1.54, 1.807) is 24.1 Å². The number of urea groups is 1. The predicted molar refractivity (Wildman–Crippen MR) is 100 cm³/mol. The molecule has 1 heterocycles. The Morgan fingerprint density at radius 1 is 1.15 bits per heavy atom. The van der Waals surface area contributed by atoms with E-state index in [-0.39, 0.29) is 23.7 Å². The predicted octanol–water partition coefficient (Wildman–Crippen LogP) is 2.69. The molecule has 0 saturated carbocycles. The van der Waals surface area contributed by atoms with E-state index in [0.717, 1.165) is 17.0 Å². The fraction of sp³-hybridized carbons (Fsp3) is 0.300. The molecule has 142 valence electrons. The number of methoxy groups -OCH3 is 1. The standard InChI is InChI=1S/C20H22FN3O3/c1-27-18-8-6-17(7-9-18)24-13-15(10-19(24)25)12-23-20(26)22-11-14-2-4-16(21)5-3-14/h2-9,15H,10-13H2,1H3,(H2,22,23,26)/t15-/m1/s1. The van der Waals surface area contributed by atoms with E-state index in [2.05, 4.69) is 10.6 Å². The van der Waals surface area contributed by atoms with Crippen LogP contribution in [0.1, 0.15) is 12.0 Å². The Morgan fingerprint density at radius 2 is 1.85 bits per heavy atom. The van der Waals surface area contributed by atoms with Gasteiger partial charge in [-0.25, -0.2) is 9.18 Å². The number of benzene rings is 2. The van der Waals surface area contributed by atoms with E-state index in [1.165, 1.54) is 12.1 Å². The van der Waals surface area contributed by atoms with Crippen molar-refractivity contribution in [2.45, 2.75) is 13.0 Å². The van der Waals surface area contributed by atoms with E-state index >= 15 is 0 Å². The van der Waals surface area contributed by atoms with Gasteiger partial charge in [-0.1, -0.05) is 12.1 Å². The third-order valence-electron chi connectivity index (χ3n) is 4.51. The van der Waals surface area contributed by atoms with Gasteiger partial charge >= 0.3 is 6.03 Å². The Bertz CT molecular complexity index is 793. The lowest BCUT2D eigenvalue weighted by Crippen LogP contribution is -2.38. The van der Waals surface area contributed by atoms with Gasteiger partial charge in [0.05, 0.1) is 7.11 Å². The minimum Gasteiger partial charge on any atom is -0.497 e. The minimum atomic E-state index is -0.310. The third kappa shape index (κ3) is 4.97. The molecule has 1 aliphatic rings. The molecular formula is C20H22FN3O3. The number of nitrogens with one attached hydrogen (secondary N) is 2. The summed E-state index contributed by atoms with van der Waals surface area (Å²) in [5.41, 5.74) is 1.64. The summed E-state index contributed by atoms with van der Waals surface area (Å²) in [6.07, 6.45) is 0.393. The second-order valence-corrected chi connectivity index (χ2v) is 6.46. The van der Waals surface area contributed by atoms with Crippen molar-refractivity contribution in [2.75, 3.05) is 25.1 Å². The Morgan fingerprint density at radius 3 is 2.52 bits per heavy atom. The summed E-state index contributed by atoms with van der Waals surface area (Å²) in [7, 11) is 1.60. The van der Waals surface area contributed by atoms with Crippen LogP contribution in [0.5, 0.6) is 5.75 Å². The highest BCUT2D eigenvalue weighted by molar-refractivity contribution is 5.95. The van der Waals surface area contributed by atoms with Crippen LogP contribution in [0, 0.1) is 11.7 Å². The lowest BCUT2D eigenvalue weighted by Gasteiger charge is -2.17. The van der Waals surface area contributed by atoms with Crippen molar-refractivity contribution in [2.24, 2.45) is 5.92 Å². The fourth-order valence-corrected chi connectivity index (χ4v) is 3.01. The molecule has 0 radical (unpaired) electrons. The van der Waals surface area contributed by atoms with Crippen LogP contribution in [0.15, 0.2) is 48.5 Å². The van der Waals surface area contributed by atoms with E-state index in [1.807, 2.05) is 24.3 Å². The van der Waals surface area contributed by atoms with Crippen LogP contribution < -0.4 is 20.3 Å². The monoisotopic (exact) mass is 371 g/mol. The second-order valence-electron chi connectivity index (χ2n) is 6.46. The molecule has 27 heavy (non-hydrogen) atoms. The van der Waals surface area contributed by atoms with E-state index < -0.39 is 0 Å². The van der Waals surface area contributed by atoms with Crippen LogP contribution in [0.25, 0.3) is 0 Å². The number of amides is 3. The van der Waals surface area contributed by atoms with Crippen LogP contribution in [0.2, 0.25) is 0 Å². The average molecular weight is 371 g/mol. The maximum absolute atomic E-state index is 12.9. The molecule has 0 aliphatic carbocycles. The Hall–Kier alpha value is -3.09. The number of nitrogens with zero attached hydrogens (tertiary/aromatic N) is 1. The van der Waals surface area contributed by atoms with Crippen molar-refractivity contribution >= 4 is 17.6 Å². The summed E-state index contributed by atoms with van der Waals surface area (Å²) in [5, 5.41) is 5.52. The molecule has 2 aromatic rings. The Balaban J connectivity index is 1.45. The molecule has 0 spiro atoms. The van der Waals surface area contributed by atoms with E-state index in [0.29, 0.717) is 26.1 Å². The third-order valence-corrected chi connectivity index (χ3v) is 4.51. The molecule has 1 saturated heterocycles. The number of hydrogen-bond donors (Lipinski definition) is 2. The molecule has 0 unspecified atom stereocenters. The highest BCUT2D eigenvalue weighted by Gasteiger charge is 2.30. The highest BCUT2D eigenvalue weighted by Crippen LogP contribution is 2.26. The van der Waals surface area contributed by atoms with E-state index in [4.69, 9.17) is 4.74 Å². The van der Waals surface area contributed by atoms with Gasteiger partial charge in [-0.15, -0.1) is 0 Å². The van der Waals surface area contributed by atoms with Gasteiger partial charge in [0.2, 0.25) is 5.91 Å². The van der Waals surface area contributed by atoms with Crippen molar-refractivity contribution < 1.29 is 18.7 Å². The Kier molecular flexibility index (Phi) is 5.90. The average Bonchev–Trinajstić information content (AvgIpc) is 3.06. The normalized spacial score (nSPS) is 16.3. The first-order valence-electron chi connectivity index (χ1n) is 8.75. The first-order chi connectivity index (χ1) is 13.0. The molecule has 3 rings (SSSR count). The molecule has 0 aromatic heterocycles. The van der Waals surface area contributed by atoms with Crippen LogP contribution >= 0.6 is 0 Å². The number of carbonyl (C=O) groups excluding carboxylic acids is 2. The summed E-state index contributed by atoms with van der Waals surface area (Å²) < 4.78 is 18.0. The smallest absolute Gasteiger partial charge is 0.315 e. The zero-order chi connectivity index (χ0) is 19.2. The molecule has 1 atom stereocenters. The molecule has 1 fully saturated rings. The number of hydrogen-bond acceptors (Lipinski definition) is 3. The van der Waals surface area contributed by atoms with Gasteiger partial charge in [0.1, 0.15) is 11.6 Å². The number of anilines is 1. The zero-order valence-electron chi connectivity index (χ0n) is 15.1. The summed E-state index contributed by atoms with van der Waals surface area (Å²) in [6, 6.07) is 13.0. The van der Waals surface area contributed by atoms with Gasteiger partial charge in [0.25, 0.3) is 0 Å². The van der Waals surface area contributed by atoms with Crippen molar-refractivity contribution in [3.63, 3.8) is 0 Å². The maximum atomic E-state index is 12.9. The number of halogens is 1. The van der Waals surface area contributed by atoms with Crippen LogP contribution in [-0.2, 0) is 11.3 Å². The lowest BCUT2D eigenvalue weighted by molar-refractivity contribution is -0.117. The second kappa shape index (κ2) is 8.53. The van der Waals surface area contributed by atoms with E-state index in [9.17, 15) is 14.0 Å². The minimum absolute atomic E-state index is 0.0405. The number of carbonyl (C=O) groups is 2. The van der Waals surface area contributed by atoms with Crippen LogP contribution in [-0.4, -0.2) is 32.1 Å². The number of ether oxygens (including phenoxy) is 1. The Labute approximate surface area is 157 Å². The topological polar surface area (TPSA) is 70.7 Å². The molecule has 7 heteroatoms. The van der Waals surface area contributed by atoms with Crippen molar-refractivity contribution in [3.8, 4) is 5.75 Å². The van der Waals surface area contributed by atoms with Crippen molar-refractivity contribution in [1.82, 2.24) is 10.6 Å². The van der Waals surface area contributed by atoms with Crippen molar-refractivity contribution in [1.29, 1.82) is 0 Å². The SMILES string of the molecule is COc1ccc(N2C[C@@H](CNC(=O)NCc3ccc(F)cc3)CC2=O)cc1. The lowest BCUT2D eigenvalue weighted by atomic mass is 10.1. The van der Waals surface area contributed by atoms with Gasteiger partial charge in [-0.05, 0) is 42.0 Å². The molecular weight excluding hydrogens is 349 g/mol. The van der Waals surface area contributed by atoms with Gasteiger partial charge in [0, 0.05) is 37.7 Å². The van der Waals surface area contributed by atoms with Gasteiger partial charge in [0.15, 0.2) is 0 Å². The van der Waals surface area contributed by atoms with Gasteiger partial charge in [-0.2, -0.15) is 0 Å². The molecule has 2 aromatic carbocycles. The highest BCUT2D eigenvalue weighted by atomic mass is 19.1. The van der Waals surface area contributed by atoms with Crippen molar-refractivity contribution in [3.05, 3.63) is 59.9 Å². The summed E-state index contributed by atoms with van der Waals surface area (Å²) in [6.45, 7) is 1.28. The number of rotatable bonds is 6. The molecule has 3 amide bonds. The first-order valence-corrected chi connectivity index (χ1v) is 8.75. The van der Waals surface area contributed by atoms with Gasteiger partial charge in [-0.3, -0.25) is 4.79 Å². The molecule has 0 bridgehead atoms. The first kappa shape index (κ1) is 18.7. The zero-order valence-corrected chi connectivity index (χ0v) is 15.1. The van der Waals surface area contributed by atoms with Crippen LogP contribution in [0.4, 0.5) is 14.9 Å². The largest absolute Gasteiger partial charge is 0.497 e. The quantitative estimate of drug-likeness (QED) is 0.820. The molecule has 6 nitrogen and oxygen atoms in total. The fourth-order valence-electron chi connectivity index (χ4n) is 3.01. The summed E-state index contributed by atoms with van der Waals surface area (Å²) >= 11 is 0. The summed E-state index contributed by atoms with van der Waals surface area (Å²) in [5.74, 6) is 0.520. The molecule has 2 N–H and O–H groups in total. The molecule has 1 aliphatic heterocycles. The van der Waals surface area contributed by atoms with Crippen LogP contribution in [0.3, 0.4) is 0 Å². The van der Waals surface area contributed by atoms with Gasteiger partial charge < -0.3 is 20.3 Å².